The molecule has 3 N–H and O–H groups in total. The van der Waals surface area contributed by atoms with E-state index in [1.165, 1.54) is 25.7 Å². The number of nitrogens with one attached hydrogen (secondary N) is 1. The summed E-state index contributed by atoms with van der Waals surface area (Å²) in [5.74, 6) is 2.50. The van der Waals surface area contributed by atoms with Crippen molar-refractivity contribution in [3.8, 4) is 0 Å². The maximum Gasteiger partial charge on any atom is 0.251 e. The van der Waals surface area contributed by atoms with E-state index in [-0.39, 0.29) is 11.9 Å². The molecule has 114 valence electrons. The van der Waals surface area contributed by atoms with Crippen molar-refractivity contribution in [2.75, 3.05) is 6.54 Å². The van der Waals surface area contributed by atoms with Gasteiger partial charge in [0.1, 0.15) is 0 Å². The second-order valence-electron chi connectivity index (χ2n) is 6.84. The maximum atomic E-state index is 12.4. The van der Waals surface area contributed by atoms with Crippen LogP contribution in [0.4, 0.5) is 0 Å². The van der Waals surface area contributed by atoms with Crippen LogP contribution in [0.3, 0.4) is 0 Å². The molecule has 2 fully saturated rings. The minimum atomic E-state index is 0.0594. The monoisotopic (exact) mass is 286 g/mol. The van der Waals surface area contributed by atoms with Crippen LogP contribution in [0, 0.1) is 17.8 Å². The largest absolute Gasteiger partial charge is 0.349 e. The molecule has 3 heteroatoms. The standard InChI is InChI=1S/C18H26N2O/c1-12(17-11-14-5-6-15(17)10-14)20-18(21)16-4-2-3-13(9-16)7-8-19/h2-4,9,12,14-15,17H,5-8,10-11,19H2,1H3,(H,20,21). The first-order chi connectivity index (χ1) is 10.2. The number of benzene rings is 1. The van der Waals surface area contributed by atoms with Crippen LogP contribution in [-0.2, 0) is 6.42 Å². The van der Waals surface area contributed by atoms with Crippen LogP contribution in [0.1, 0.15) is 48.5 Å². The Kier molecular flexibility index (Phi) is 4.29. The molecule has 1 aromatic carbocycles. The minimum absolute atomic E-state index is 0.0594. The van der Waals surface area contributed by atoms with Crippen LogP contribution < -0.4 is 11.1 Å². The van der Waals surface area contributed by atoms with Crippen molar-refractivity contribution in [1.29, 1.82) is 0 Å². The van der Waals surface area contributed by atoms with Gasteiger partial charge in [0.05, 0.1) is 0 Å². The SMILES string of the molecule is CC(NC(=O)c1cccc(CCN)c1)C1CC2CCC1C2. The highest BCUT2D eigenvalue weighted by atomic mass is 16.1. The molecule has 1 amide bonds. The minimum Gasteiger partial charge on any atom is -0.349 e. The number of carbonyl (C=O) groups excluding carboxylic acids is 1. The predicted molar refractivity (Wildman–Crippen MR) is 85.1 cm³/mol. The topological polar surface area (TPSA) is 55.1 Å². The molecule has 0 aromatic heterocycles. The summed E-state index contributed by atoms with van der Waals surface area (Å²) in [7, 11) is 0. The molecule has 3 nitrogen and oxygen atoms in total. The smallest absolute Gasteiger partial charge is 0.251 e. The highest BCUT2D eigenvalue weighted by molar-refractivity contribution is 5.94. The van der Waals surface area contributed by atoms with Gasteiger partial charge in [0.2, 0.25) is 0 Å². The lowest BCUT2D eigenvalue weighted by atomic mass is 9.84. The van der Waals surface area contributed by atoms with Crippen LogP contribution >= 0.6 is 0 Å². The molecule has 21 heavy (non-hydrogen) atoms. The number of carbonyl (C=O) groups is 1. The normalized spacial score (nSPS) is 28.6. The summed E-state index contributed by atoms with van der Waals surface area (Å²) >= 11 is 0. The summed E-state index contributed by atoms with van der Waals surface area (Å²) in [6.07, 6.45) is 6.28. The van der Waals surface area contributed by atoms with Crippen molar-refractivity contribution in [3.63, 3.8) is 0 Å². The fourth-order valence-corrected chi connectivity index (χ4v) is 4.34. The summed E-state index contributed by atoms with van der Waals surface area (Å²) in [6, 6.07) is 8.12. The van der Waals surface area contributed by atoms with Crippen molar-refractivity contribution in [3.05, 3.63) is 35.4 Å². The Bertz CT molecular complexity index is 514. The molecule has 0 saturated heterocycles. The number of hydrogen-bond acceptors (Lipinski definition) is 2. The molecule has 0 aliphatic heterocycles. The van der Waals surface area contributed by atoms with Crippen molar-refractivity contribution >= 4 is 5.91 Å². The second-order valence-corrected chi connectivity index (χ2v) is 6.84. The molecule has 0 heterocycles. The molecule has 2 saturated carbocycles. The predicted octanol–water partition coefficient (Wildman–Crippen LogP) is 2.74. The average molecular weight is 286 g/mol. The van der Waals surface area contributed by atoms with E-state index >= 15 is 0 Å². The van der Waals surface area contributed by atoms with Crippen LogP contribution in [-0.4, -0.2) is 18.5 Å². The molecule has 2 aliphatic carbocycles. The molecule has 4 unspecified atom stereocenters. The summed E-state index contributed by atoms with van der Waals surface area (Å²) in [5, 5.41) is 3.22. The molecule has 4 atom stereocenters. The second kappa shape index (κ2) is 6.18. The highest BCUT2D eigenvalue weighted by Gasteiger charge is 2.42. The van der Waals surface area contributed by atoms with E-state index in [9.17, 15) is 4.79 Å². The van der Waals surface area contributed by atoms with Gasteiger partial charge in [-0.2, -0.15) is 0 Å². The van der Waals surface area contributed by atoms with Gasteiger partial charge in [-0.05, 0) is 74.6 Å². The van der Waals surface area contributed by atoms with Crippen molar-refractivity contribution in [2.45, 2.75) is 45.1 Å². The van der Waals surface area contributed by atoms with Gasteiger partial charge in [0.15, 0.2) is 0 Å². The lowest BCUT2D eigenvalue weighted by Crippen LogP contribution is -2.40. The van der Waals surface area contributed by atoms with E-state index in [1.807, 2.05) is 24.3 Å². The van der Waals surface area contributed by atoms with E-state index in [4.69, 9.17) is 5.73 Å². The molecule has 2 bridgehead atoms. The zero-order chi connectivity index (χ0) is 14.8. The molecule has 2 aliphatic rings. The molecule has 3 rings (SSSR count). The molecule has 0 spiro atoms. The summed E-state index contributed by atoms with van der Waals surface area (Å²) in [5.41, 5.74) is 7.48. The number of rotatable bonds is 5. The Morgan fingerprint density at radius 1 is 1.38 bits per heavy atom. The molecular formula is C18H26N2O. The Hall–Kier alpha value is -1.35. The van der Waals surface area contributed by atoms with Gasteiger partial charge in [-0.15, -0.1) is 0 Å². The van der Waals surface area contributed by atoms with Gasteiger partial charge in [-0.25, -0.2) is 0 Å². The third kappa shape index (κ3) is 3.13. The molecular weight excluding hydrogens is 260 g/mol. The van der Waals surface area contributed by atoms with Gasteiger partial charge < -0.3 is 11.1 Å². The first-order valence-electron chi connectivity index (χ1n) is 8.27. The zero-order valence-corrected chi connectivity index (χ0v) is 12.8. The fourth-order valence-electron chi connectivity index (χ4n) is 4.34. The Morgan fingerprint density at radius 2 is 2.24 bits per heavy atom. The van der Waals surface area contributed by atoms with Gasteiger partial charge >= 0.3 is 0 Å². The number of amides is 1. The Balaban J connectivity index is 1.61. The lowest BCUT2D eigenvalue weighted by Gasteiger charge is -2.28. The molecule has 1 aromatic rings. The number of hydrogen-bond donors (Lipinski definition) is 2. The van der Waals surface area contributed by atoms with E-state index in [0.29, 0.717) is 12.5 Å². The average Bonchev–Trinajstić information content (AvgIpc) is 3.10. The van der Waals surface area contributed by atoms with E-state index in [2.05, 4.69) is 12.2 Å². The third-order valence-corrected chi connectivity index (χ3v) is 5.42. The fraction of sp³-hybridized carbons (Fsp3) is 0.611. The van der Waals surface area contributed by atoms with Crippen LogP contribution in [0.15, 0.2) is 24.3 Å². The van der Waals surface area contributed by atoms with Crippen molar-refractivity contribution in [2.24, 2.45) is 23.5 Å². The summed E-state index contributed by atoms with van der Waals surface area (Å²) in [6.45, 7) is 2.79. The van der Waals surface area contributed by atoms with Gasteiger partial charge in [-0.3, -0.25) is 4.79 Å². The van der Waals surface area contributed by atoms with E-state index < -0.39 is 0 Å². The number of fused-ring (bicyclic) bond motifs is 2. The van der Waals surface area contributed by atoms with Crippen molar-refractivity contribution in [1.82, 2.24) is 5.32 Å². The Labute approximate surface area is 127 Å². The van der Waals surface area contributed by atoms with E-state index in [0.717, 1.165) is 29.4 Å². The van der Waals surface area contributed by atoms with Gasteiger partial charge in [0.25, 0.3) is 5.91 Å². The first-order valence-corrected chi connectivity index (χ1v) is 8.27. The van der Waals surface area contributed by atoms with Crippen LogP contribution in [0.2, 0.25) is 0 Å². The quantitative estimate of drug-likeness (QED) is 0.874. The third-order valence-electron chi connectivity index (χ3n) is 5.42. The first kappa shape index (κ1) is 14.6. The van der Waals surface area contributed by atoms with Crippen LogP contribution in [0.25, 0.3) is 0 Å². The summed E-state index contributed by atoms with van der Waals surface area (Å²) < 4.78 is 0. The van der Waals surface area contributed by atoms with Crippen LogP contribution in [0.5, 0.6) is 0 Å². The number of nitrogens with two attached hydrogens (primary N) is 1. The zero-order valence-electron chi connectivity index (χ0n) is 12.8. The van der Waals surface area contributed by atoms with Crippen molar-refractivity contribution < 1.29 is 4.79 Å². The lowest BCUT2D eigenvalue weighted by molar-refractivity contribution is 0.0915. The van der Waals surface area contributed by atoms with Gasteiger partial charge in [0, 0.05) is 11.6 Å². The van der Waals surface area contributed by atoms with E-state index in [1.54, 1.807) is 0 Å². The molecule has 0 radical (unpaired) electrons. The maximum absolute atomic E-state index is 12.4. The van der Waals surface area contributed by atoms with Gasteiger partial charge in [-0.1, -0.05) is 18.6 Å². The highest BCUT2D eigenvalue weighted by Crippen LogP contribution is 2.49. The summed E-state index contributed by atoms with van der Waals surface area (Å²) in [4.78, 5) is 12.4. The Morgan fingerprint density at radius 3 is 2.90 bits per heavy atom.